The number of imidazole rings is 1. The zero-order chi connectivity index (χ0) is 13.7. The number of rotatable bonds is 6. The molecule has 0 saturated heterocycles. The fourth-order valence-electron chi connectivity index (χ4n) is 2.15. The Morgan fingerprint density at radius 2 is 2.21 bits per heavy atom. The molecule has 19 heavy (non-hydrogen) atoms. The molecule has 2 heterocycles. The predicted octanol–water partition coefficient (Wildman–Crippen LogP) is 2.33. The van der Waals surface area contributed by atoms with Gasteiger partial charge in [-0.15, -0.1) is 0 Å². The van der Waals surface area contributed by atoms with E-state index < -0.39 is 0 Å². The van der Waals surface area contributed by atoms with Crippen molar-refractivity contribution in [1.82, 2.24) is 19.9 Å². The molecule has 0 radical (unpaired) electrons. The lowest BCUT2D eigenvalue weighted by molar-refractivity contribution is 0.496. The van der Waals surface area contributed by atoms with Gasteiger partial charge in [0.05, 0.1) is 11.7 Å². The molecule has 0 spiro atoms. The Labute approximate surface area is 112 Å². The highest BCUT2D eigenvalue weighted by atomic mass is 19.1. The van der Waals surface area contributed by atoms with Gasteiger partial charge in [0.2, 0.25) is 0 Å². The van der Waals surface area contributed by atoms with Gasteiger partial charge in [-0.1, -0.05) is 6.92 Å². The molecule has 1 N–H and O–H groups in total. The maximum absolute atomic E-state index is 13.8. The van der Waals surface area contributed by atoms with Gasteiger partial charge in [0.1, 0.15) is 11.6 Å². The van der Waals surface area contributed by atoms with Crippen LogP contribution in [0, 0.1) is 5.82 Å². The first-order valence-corrected chi connectivity index (χ1v) is 6.54. The smallest absolute Gasteiger partial charge is 0.146 e. The second-order valence-electron chi connectivity index (χ2n) is 4.45. The van der Waals surface area contributed by atoms with Gasteiger partial charge in [-0.2, -0.15) is 0 Å². The van der Waals surface area contributed by atoms with Crippen LogP contribution in [0.1, 0.15) is 30.9 Å². The lowest BCUT2D eigenvalue weighted by Gasteiger charge is -2.16. The fraction of sp³-hybridized carbons (Fsp3) is 0.429. The van der Waals surface area contributed by atoms with Crippen molar-refractivity contribution < 1.29 is 4.39 Å². The van der Waals surface area contributed by atoms with Crippen LogP contribution >= 0.6 is 0 Å². The van der Waals surface area contributed by atoms with Crippen molar-refractivity contribution in [2.75, 3.05) is 7.05 Å². The zero-order valence-corrected chi connectivity index (χ0v) is 11.3. The number of likely N-dealkylation sites (N-methyl/N-ethyl adjacent to an activating group) is 1. The Morgan fingerprint density at radius 1 is 1.37 bits per heavy atom. The lowest BCUT2D eigenvalue weighted by atomic mass is 10.1. The quantitative estimate of drug-likeness (QED) is 0.869. The van der Waals surface area contributed by atoms with Crippen LogP contribution in [0.25, 0.3) is 0 Å². The van der Waals surface area contributed by atoms with Crippen LogP contribution in [0.4, 0.5) is 4.39 Å². The van der Waals surface area contributed by atoms with Crippen LogP contribution in [0.2, 0.25) is 0 Å². The van der Waals surface area contributed by atoms with Crippen molar-refractivity contribution in [3.05, 3.63) is 48.1 Å². The highest BCUT2D eigenvalue weighted by molar-refractivity contribution is 5.13. The van der Waals surface area contributed by atoms with E-state index in [1.807, 2.05) is 13.2 Å². The highest BCUT2D eigenvalue weighted by Crippen LogP contribution is 2.18. The SMILES string of the molecule is CCCn1ccnc1CC(NC)c1ncccc1F. The molecule has 1 unspecified atom stereocenters. The summed E-state index contributed by atoms with van der Waals surface area (Å²) < 4.78 is 15.9. The van der Waals surface area contributed by atoms with Crippen molar-refractivity contribution in [2.45, 2.75) is 32.4 Å². The molecule has 0 aliphatic carbocycles. The molecule has 0 bridgehead atoms. The summed E-state index contributed by atoms with van der Waals surface area (Å²) in [7, 11) is 1.81. The molecule has 0 aromatic carbocycles. The van der Waals surface area contributed by atoms with Gasteiger partial charge in [0, 0.05) is 31.6 Å². The second kappa shape index (κ2) is 6.43. The van der Waals surface area contributed by atoms with Crippen molar-refractivity contribution in [3.63, 3.8) is 0 Å². The van der Waals surface area contributed by atoms with Crippen molar-refractivity contribution >= 4 is 0 Å². The molecule has 0 aliphatic heterocycles. The number of aromatic nitrogens is 3. The average Bonchev–Trinajstić information content (AvgIpc) is 2.85. The number of nitrogens with one attached hydrogen (secondary N) is 1. The second-order valence-corrected chi connectivity index (χ2v) is 4.45. The molecule has 0 amide bonds. The van der Waals surface area contributed by atoms with E-state index in [1.165, 1.54) is 6.07 Å². The van der Waals surface area contributed by atoms with Crippen LogP contribution < -0.4 is 5.32 Å². The van der Waals surface area contributed by atoms with Gasteiger partial charge < -0.3 is 9.88 Å². The minimum atomic E-state index is -0.282. The summed E-state index contributed by atoms with van der Waals surface area (Å²) in [6.45, 7) is 3.05. The molecule has 2 aromatic rings. The third-order valence-corrected chi connectivity index (χ3v) is 3.12. The molecule has 2 aromatic heterocycles. The minimum absolute atomic E-state index is 0.167. The Balaban J connectivity index is 2.19. The normalized spacial score (nSPS) is 12.6. The summed E-state index contributed by atoms with van der Waals surface area (Å²) in [6.07, 6.45) is 7.02. The summed E-state index contributed by atoms with van der Waals surface area (Å²) in [5, 5.41) is 3.11. The number of nitrogens with zero attached hydrogens (tertiary/aromatic N) is 3. The molecule has 0 fully saturated rings. The molecule has 2 rings (SSSR count). The third-order valence-electron chi connectivity index (χ3n) is 3.12. The van der Waals surface area contributed by atoms with Crippen LogP contribution in [0.3, 0.4) is 0 Å². The highest BCUT2D eigenvalue weighted by Gasteiger charge is 2.18. The zero-order valence-electron chi connectivity index (χ0n) is 11.3. The molecule has 1 atom stereocenters. The first-order chi connectivity index (χ1) is 9.26. The van der Waals surface area contributed by atoms with Crippen molar-refractivity contribution in [1.29, 1.82) is 0 Å². The standard InChI is InChI=1S/C14H19FN4/c1-3-8-19-9-7-17-13(19)10-12(16-2)14-11(15)5-4-6-18-14/h4-7,9,12,16H,3,8,10H2,1-2H3. The Bertz CT molecular complexity index is 524. The first kappa shape index (κ1) is 13.7. The number of aryl methyl sites for hydroxylation is 1. The van der Waals surface area contributed by atoms with Crippen molar-refractivity contribution in [3.8, 4) is 0 Å². The van der Waals surface area contributed by atoms with Gasteiger partial charge in [0.25, 0.3) is 0 Å². The van der Waals surface area contributed by atoms with Crippen LogP contribution in [-0.2, 0) is 13.0 Å². The van der Waals surface area contributed by atoms with E-state index in [-0.39, 0.29) is 11.9 Å². The van der Waals surface area contributed by atoms with E-state index in [9.17, 15) is 4.39 Å². The van der Waals surface area contributed by atoms with E-state index in [0.29, 0.717) is 12.1 Å². The summed E-state index contributed by atoms with van der Waals surface area (Å²) in [4.78, 5) is 8.48. The van der Waals surface area contributed by atoms with E-state index in [0.717, 1.165) is 18.8 Å². The van der Waals surface area contributed by atoms with Gasteiger partial charge in [-0.25, -0.2) is 9.37 Å². The first-order valence-electron chi connectivity index (χ1n) is 6.54. The maximum Gasteiger partial charge on any atom is 0.146 e. The largest absolute Gasteiger partial charge is 0.335 e. The topological polar surface area (TPSA) is 42.7 Å². The Hall–Kier alpha value is -1.75. The lowest BCUT2D eigenvalue weighted by Crippen LogP contribution is -2.23. The summed E-state index contributed by atoms with van der Waals surface area (Å²) in [6, 6.07) is 2.87. The molecule has 5 heteroatoms. The van der Waals surface area contributed by atoms with Crippen LogP contribution in [0.15, 0.2) is 30.7 Å². The number of hydrogen-bond acceptors (Lipinski definition) is 3. The fourth-order valence-corrected chi connectivity index (χ4v) is 2.15. The van der Waals surface area contributed by atoms with E-state index >= 15 is 0 Å². The van der Waals surface area contributed by atoms with Crippen LogP contribution in [0.5, 0.6) is 0 Å². The molecular formula is C14H19FN4. The van der Waals surface area contributed by atoms with Gasteiger partial charge in [-0.3, -0.25) is 4.98 Å². The molecule has 0 aliphatic rings. The van der Waals surface area contributed by atoms with E-state index in [4.69, 9.17) is 0 Å². The molecule has 102 valence electrons. The van der Waals surface area contributed by atoms with Crippen molar-refractivity contribution in [2.24, 2.45) is 0 Å². The molecule has 4 nitrogen and oxygen atoms in total. The maximum atomic E-state index is 13.8. The van der Waals surface area contributed by atoms with Gasteiger partial charge in [0.15, 0.2) is 0 Å². The molecule has 0 saturated carbocycles. The monoisotopic (exact) mass is 262 g/mol. The third kappa shape index (κ3) is 3.17. The predicted molar refractivity (Wildman–Crippen MR) is 72.2 cm³/mol. The molecular weight excluding hydrogens is 243 g/mol. The van der Waals surface area contributed by atoms with Gasteiger partial charge in [-0.05, 0) is 25.6 Å². The average molecular weight is 262 g/mol. The van der Waals surface area contributed by atoms with Crippen LogP contribution in [-0.4, -0.2) is 21.6 Å². The van der Waals surface area contributed by atoms with E-state index in [1.54, 1.807) is 18.5 Å². The summed E-state index contributed by atoms with van der Waals surface area (Å²) in [5.74, 6) is 0.668. The van der Waals surface area contributed by atoms with Gasteiger partial charge >= 0.3 is 0 Å². The number of pyridine rings is 1. The summed E-state index contributed by atoms with van der Waals surface area (Å²) >= 11 is 0. The minimum Gasteiger partial charge on any atom is -0.335 e. The van der Waals surface area contributed by atoms with E-state index in [2.05, 4.69) is 26.8 Å². The summed E-state index contributed by atoms with van der Waals surface area (Å²) in [5.41, 5.74) is 0.441. The number of hydrogen-bond donors (Lipinski definition) is 1. The Kier molecular flexibility index (Phi) is 4.63. The Morgan fingerprint density at radius 3 is 2.89 bits per heavy atom. The number of halogens is 1.